The van der Waals surface area contributed by atoms with Crippen LogP contribution in [-0.4, -0.2) is 40.8 Å². The molecular weight excluding hydrogens is 223 g/mol. The van der Waals surface area contributed by atoms with Crippen molar-refractivity contribution in [1.82, 2.24) is 4.90 Å². The van der Waals surface area contributed by atoms with Gasteiger partial charge in [0.15, 0.2) is 0 Å². The Hall–Kier alpha value is -0.780. The number of rotatable bonds is 6. The van der Waals surface area contributed by atoms with Crippen LogP contribution in [0.5, 0.6) is 0 Å². The van der Waals surface area contributed by atoms with E-state index in [0.717, 1.165) is 4.90 Å². The van der Waals surface area contributed by atoms with Crippen molar-refractivity contribution in [3.05, 3.63) is 0 Å². The maximum Gasteiger partial charge on any atom is 0.401 e. The van der Waals surface area contributed by atoms with Crippen LogP contribution in [-0.2, 0) is 4.79 Å². The van der Waals surface area contributed by atoms with Crippen molar-refractivity contribution in [2.24, 2.45) is 0 Å². The highest BCUT2D eigenvalue weighted by molar-refractivity contribution is 5.73. The molecule has 0 aliphatic carbocycles. The Morgan fingerprint density at radius 2 is 1.88 bits per heavy atom. The van der Waals surface area contributed by atoms with Gasteiger partial charge in [-0.3, -0.25) is 9.69 Å². The smallest absolute Gasteiger partial charge is 0.401 e. The minimum absolute atomic E-state index is 0.226. The maximum absolute atomic E-state index is 12.3. The van der Waals surface area contributed by atoms with Gasteiger partial charge >= 0.3 is 12.1 Å². The molecule has 1 N–H and O–H groups in total. The van der Waals surface area contributed by atoms with Gasteiger partial charge in [-0.2, -0.15) is 13.2 Å². The predicted octanol–water partition coefficient (Wildman–Crippen LogP) is 2.51. The molecule has 0 bridgehead atoms. The first kappa shape index (κ1) is 15.2. The van der Waals surface area contributed by atoms with Crippen LogP contribution in [0.15, 0.2) is 0 Å². The third-order valence-corrected chi connectivity index (χ3v) is 2.27. The number of carboxylic acid groups (broad SMARTS) is 1. The minimum Gasteiger partial charge on any atom is -0.480 e. The third kappa shape index (κ3) is 5.34. The number of hydrogen-bond donors (Lipinski definition) is 1. The molecule has 96 valence electrons. The molecule has 6 heteroatoms. The quantitative estimate of drug-likeness (QED) is 0.776. The molecule has 0 aliphatic heterocycles. The Morgan fingerprint density at radius 1 is 1.38 bits per heavy atom. The summed E-state index contributed by atoms with van der Waals surface area (Å²) in [6.07, 6.45) is -3.60. The summed E-state index contributed by atoms with van der Waals surface area (Å²) >= 11 is 0. The van der Waals surface area contributed by atoms with E-state index in [0.29, 0.717) is 6.42 Å². The second-order valence-corrected chi connectivity index (χ2v) is 4.02. The SMILES string of the molecule is CCCC(C(=O)O)N(CC(F)(F)F)C(C)C. The normalized spacial score (nSPS) is 14.5. The molecule has 0 aliphatic rings. The molecule has 0 saturated carbocycles. The number of hydrogen-bond acceptors (Lipinski definition) is 2. The first-order chi connectivity index (χ1) is 7.19. The summed E-state index contributed by atoms with van der Waals surface area (Å²) in [6, 6.07) is -1.51. The zero-order valence-electron chi connectivity index (χ0n) is 9.71. The molecular formula is C10H18F3NO2. The van der Waals surface area contributed by atoms with E-state index in [1.54, 1.807) is 20.8 Å². The van der Waals surface area contributed by atoms with Gasteiger partial charge in [-0.25, -0.2) is 0 Å². The molecule has 1 atom stereocenters. The van der Waals surface area contributed by atoms with Crippen molar-refractivity contribution >= 4 is 5.97 Å². The molecule has 0 amide bonds. The molecule has 0 rings (SSSR count). The monoisotopic (exact) mass is 241 g/mol. The number of halogens is 3. The highest BCUT2D eigenvalue weighted by atomic mass is 19.4. The number of carboxylic acids is 1. The van der Waals surface area contributed by atoms with Gasteiger partial charge in [0.1, 0.15) is 6.04 Å². The fraction of sp³-hybridized carbons (Fsp3) is 0.900. The van der Waals surface area contributed by atoms with Crippen LogP contribution < -0.4 is 0 Å². The average Bonchev–Trinajstić information content (AvgIpc) is 2.08. The van der Waals surface area contributed by atoms with E-state index >= 15 is 0 Å². The lowest BCUT2D eigenvalue weighted by molar-refractivity contribution is -0.165. The van der Waals surface area contributed by atoms with Crippen LogP contribution in [0.25, 0.3) is 0 Å². The van der Waals surface area contributed by atoms with Gasteiger partial charge in [0.25, 0.3) is 0 Å². The van der Waals surface area contributed by atoms with Gasteiger partial charge < -0.3 is 5.11 Å². The maximum atomic E-state index is 12.3. The van der Waals surface area contributed by atoms with Gasteiger partial charge in [0.05, 0.1) is 6.54 Å². The molecule has 16 heavy (non-hydrogen) atoms. The van der Waals surface area contributed by atoms with Crippen molar-refractivity contribution in [2.45, 2.75) is 51.9 Å². The second kappa shape index (κ2) is 6.08. The summed E-state index contributed by atoms with van der Waals surface area (Å²) < 4.78 is 36.9. The van der Waals surface area contributed by atoms with Crippen LogP contribution in [0.1, 0.15) is 33.6 Å². The molecule has 0 aromatic rings. The molecule has 0 heterocycles. The van der Waals surface area contributed by atoms with E-state index in [4.69, 9.17) is 5.11 Å². The molecule has 0 radical (unpaired) electrons. The van der Waals surface area contributed by atoms with Crippen LogP contribution in [0.4, 0.5) is 13.2 Å². The minimum atomic E-state index is -4.37. The fourth-order valence-electron chi connectivity index (χ4n) is 1.56. The lowest BCUT2D eigenvalue weighted by Crippen LogP contribution is -2.49. The summed E-state index contributed by atoms with van der Waals surface area (Å²) in [6.45, 7) is 3.71. The van der Waals surface area contributed by atoms with E-state index < -0.39 is 30.8 Å². The largest absolute Gasteiger partial charge is 0.480 e. The number of nitrogens with zero attached hydrogens (tertiary/aromatic N) is 1. The van der Waals surface area contributed by atoms with Gasteiger partial charge in [-0.1, -0.05) is 13.3 Å². The summed E-state index contributed by atoms with van der Waals surface area (Å²) in [5, 5.41) is 8.91. The lowest BCUT2D eigenvalue weighted by Gasteiger charge is -2.32. The number of aliphatic carboxylic acids is 1. The molecule has 0 spiro atoms. The lowest BCUT2D eigenvalue weighted by atomic mass is 10.1. The Labute approximate surface area is 93.2 Å². The molecule has 0 aromatic carbocycles. The summed E-state index contributed by atoms with van der Waals surface area (Å²) in [7, 11) is 0. The first-order valence-corrected chi connectivity index (χ1v) is 5.24. The van der Waals surface area contributed by atoms with Crippen LogP contribution in [0.3, 0.4) is 0 Å². The van der Waals surface area contributed by atoms with E-state index in [-0.39, 0.29) is 6.42 Å². The van der Waals surface area contributed by atoms with Gasteiger partial charge in [-0.05, 0) is 20.3 Å². The van der Waals surface area contributed by atoms with E-state index in [1.807, 2.05) is 0 Å². The Balaban J connectivity index is 4.78. The zero-order chi connectivity index (χ0) is 12.9. The Bertz CT molecular complexity index is 229. The Kier molecular flexibility index (Phi) is 5.78. The standard InChI is InChI=1S/C10H18F3NO2/c1-4-5-8(9(15)16)14(7(2)3)6-10(11,12)13/h7-8H,4-6H2,1-3H3,(H,15,16). The van der Waals surface area contributed by atoms with Gasteiger partial charge in [0, 0.05) is 6.04 Å². The van der Waals surface area contributed by atoms with Crippen molar-refractivity contribution in [3.63, 3.8) is 0 Å². The van der Waals surface area contributed by atoms with Gasteiger partial charge in [-0.15, -0.1) is 0 Å². The first-order valence-electron chi connectivity index (χ1n) is 5.24. The topological polar surface area (TPSA) is 40.5 Å². The Morgan fingerprint density at radius 3 is 2.12 bits per heavy atom. The summed E-state index contributed by atoms with van der Waals surface area (Å²) in [5.74, 6) is -1.19. The van der Waals surface area contributed by atoms with Crippen molar-refractivity contribution in [2.75, 3.05) is 6.54 Å². The van der Waals surface area contributed by atoms with Crippen LogP contribution >= 0.6 is 0 Å². The predicted molar refractivity (Wildman–Crippen MR) is 54.2 cm³/mol. The highest BCUT2D eigenvalue weighted by Crippen LogP contribution is 2.21. The average molecular weight is 241 g/mol. The molecule has 3 nitrogen and oxygen atoms in total. The second-order valence-electron chi connectivity index (χ2n) is 4.02. The fourth-order valence-corrected chi connectivity index (χ4v) is 1.56. The van der Waals surface area contributed by atoms with E-state index in [1.165, 1.54) is 0 Å². The molecule has 1 unspecified atom stereocenters. The molecule has 0 fully saturated rings. The van der Waals surface area contributed by atoms with Crippen LogP contribution in [0.2, 0.25) is 0 Å². The summed E-state index contributed by atoms with van der Waals surface area (Å²) in [5.41, 5.74) is 0. The molecule has 0 saturated heterocycles. The summed E-state index contributed by atoms with van der Waals surface area (Å²) in [4.78, 5) is 11.9. The van der Waals surface area contributed by atoms with Crippen molar-refractivity contribution in [1.29, 1.82) is 0 Å². The van der Waals surface area contributed by atoms with Crippen LogP contribution in [0, 0.1) is 0 Å². The van der Waals surface area contributed by atoms with Crippen molar-refractivity contribution < 1.29 is 23.1 Å². The third-order valence-electron chi connectivity index (χ3n) is 2.27. The van der Waals surface area contributed by atoms with E-state index in [9.17, 15) is 18.0 Å². The molecule has 0 aromatic heterocycles. The van der Waals surface area contributed by atoms with Gasteiger partial charge in [0.2, 0.25) is 0 Å². The highest BCUT2D eigenvalue weighted by Gasteiger charge is 2.37. The zero-order valence-corrected chi connectivity index (χ0v) is 9.71. The van der Waals surface area contributed by atoms with Crippen molar-refractivity contribution in [3.8, 4) is 0 Å². The van der Waals surface area contributed by atoms with E-state index in [2.05, 4.69) is 0 Å². The number of carbonyl (C=O) groups is 1. The number of alkyl halides is 3.